The summed E-state index contributed by atoms with van der Waals surface area (Å²) in [6, 6.07) is 0. The van der Waals surface area contributed by atoms with Gasteiger partial charge in [-0.2, -0.15) is 11.8 Å². The summed E-state index contributed by atoms with van der Waals surface area (Å²) in [6.07, 6.45) is 6.79. The van der Waals surface area contributed by atoms with Crippen LogP contribution in [0.2, 0.25) is 0 Å². The molecule has 0 bridgehead atoms. The molecule has 0 aliphatic rings. The van der Waals surface area contributed by atoms with Crippen molar-refractivity contribution in [3.8, 4) is 0 Å². The lowest BCUT2D eigenvalue weighted by atomic mass is 10.5. The smallest absolute Gasteiger partial charge is 0.299 e. The van der Waals surface area contributed by atoms with Crippen molar-refractivity contribution in [3.05, 3.63) is 22.9 Å². The summed E-state index contributed by atoms with van der Waals surface area (Å²) in [5, 5.41) is 0. The molecule has 0 saturated carbocycles. The largest absolute Gasteiger partial charge is 0.328 e. The predicted octanol–water partition coefficient (Wildman–Crippen LogP) is 1.42. The van der Waals surface area contributed by atoms with Gasteiger partial charge in [0, 0.05) is 31.2 Å². The van der Waals surface area contributed by atoms with E-state index in [9.17, 15) is 4.79 Å². The van der Waals surface area contributed by atoms with E-state index in [1.54, 1.807) is 20.9 Å². The van der Waals surface area contributed by atoms with Gasteiger partial charge in [0.1, 0.15) is 0 Å². The molecule has 0 fully saturated rings. The molecule has 0 spiro atoms. The Hall–Kier alpha value is -0.640. The van der Waals surface area contributed by atoms with E-state index in [-0.39, 0.29) is 5.69 Å². The minimum atomic E-state index is 0.121. The van der Waals surface area contributed by atoms with Crippen LogP contribution >= 0.6 is 11.8 Å². The summed E-state index contributed by atoms with van der Waals surface area (Å²) >= 11 is 1.76. The van der Waals surface area contributed by atoms with Gasteiger partial charge in [0.15, 0.2) is 0 Å². The van der Waals surface area contributed by atoms with E-state index in [4.69, 9.17) is 0 Å². The summed E-state index contributed by atoms with van der Waals surface area (Å²) in [7, 11) is 0. The Bertz CT molecular complexity index is 303. The molecule has 1 heterocycles. The number of rotatable bonds is 5. The maximum atomic E-state index is 11.6. The summed E-state index contributed by atoms with van der Waals surface area (Å²) in [5.74, 6) is 0.996. The van der Waals surface area contributed by atoms with Gasteiger partial charge in [-0.3, -0.25) is 9.13 Å². The molecule has 4 heteroatoms. The average Bonchev–Trinajstić information content (AvgIpc) is 2.46. The van der Waals surface area contributed by atoms with Crippen LogP contribution in [0.25, 0.3) is 0 Å². The van der Waals surface area contributed by atoms with Crippen molar-refractivity contribution < 1.29 is 0 Å². The average molecular weight is 200 g/mol. The third-order valence-electron chi connectivity index (χ3n) is 1.92. The molecule has 1 aromatic heterocycles. The molecule has 0 atom stereocenters. The highest BCUT2D eigenvalue weighted by molar-refractivity contribution is 7.98. The van der Waals surface area contributed by atoms with Crippen molar-refractivity contribution >= 4 is 11.8 Å². The number of hydrogen-bond acceptors (Lipinski definition) is 2. The SMILES string of the molecule is CCCn1ccn(CCSC)c1=O. The van der Waals surface area contributed by atoms with Crippen molar-refractivity contribution in [2.75, 3.05) is 12.0 Å². The van der Waals surface area contributed by atoms with Gasteiger partial charge in [0.05, 0.1) is 0 Å². The number of imidazole rings is 1. The molecule has 1 aromatic rings. The zero-order chi connectivity index (χ0) is 9.68. The van der Waals surface area contributed by atoms with Gasteiger partial charge in [0.2, 0.25) is 0 Å². The van der Waals surface area contributed by atoms with E-state index in [0.717, 1.165) is 25.3 Å². The second-order valence-corrected chi connectivity index (χ2v) is 3.95. The molecular formula is C9H16N2OS. The maximum absolute atomic E-state index is 11.6. The minimum Gasteiger partial charge on any atom is -0.299 e. The lowest BCUT2D eigenvalue weighted by molar-refractivity contribution is 0.619. The molecule has 0 aliphatic carbocycles. The molecule has 0 aliphatic heterocycles. The van der Waals surface area contributed by atoms with Crippen LogP contribution in [0.15, 0.2) is 17.2 Å². The molecule has 13 heavy (non-hydrogen) atoms. The van der Waals surface area contributed by atoms with Crippen LogP contribution in [0, 0.1) is 0 Å². The molecule has 0 amide bonds. The van der Waals surface area contributed by atoms with Crippen molar-refractivity contribution in [1.29, 1.82) is 0 Å². The number of aromatic nitrogens is 2. The summed E-state index contributed by atoms with van der Waals surface area (Å²) in [4.78, 5) is 11.6. The highest BCUT2D eigenvalue weighted by atomic mass is 32.2. The van der Waals surface area contributed by atoms with Gasteiger partial charge in [0.25, 0.3) is 0 Å². The zero-order valence-corrected chi connectivity index (χ0v) is 9.01. The lowest BCUT2D eigenvalue weighted by Gasteiger charge is -1.99. The Labute approximate surface area is 82.8 Å². The maximum Gasteiger partial charge on any atom is 0.328 e. The second-order valence-electron chi connectivity index (χ2n) is 2.96. The molecule has 0 unspecified atom stereocenters. The van der Waals surface area contributed by atoms with E-state index < -0.39 is 0 Å². The zero-order valence-electron chi connectivity index (χ0n) is 8.19. The summed E-state index contributed by atoms with van der Waals surface area (Å²) in [5.41, 5.74) is 0.121. The topological polar surface area (TPSA) is 26.9 Å². The molecule has 74 valence electrons. The first kappa shape index (κ1) is 10.4. The van der Waals surface area contributed by atoms with Gasteiger partial charge in [-0.1, -0.05) is 6.92 Å². The minimum absolute atomic E-state index is 0.121. The third-order valence-corrected chi connectivity index (χ3v) is 2.51. The Kier molecular flexibility index (Phi) is 4.15. The Morgan fingerprint density at radius 1 is 1.31 bits per heavy atom. The van der Waals surface area contributed by atoms with E-state index in [1.807, 2.05) is 18.6 Å². The van der Waals surface area contributed by atoms with E-state index in [1.165, 1.54) is 0 Å². The number of thioether (sulfide) groups is 1. The van der Waals surface area contributed by atoms with Gasteiger partial charge >= 0.3 is 5.69 Å². The fourth-order valence-corrected chi connectivity index (χ4v) is 1.60. The molecule has 0 aromatic carbocycles. The first-order valence-corrected chi connectivity index (χ1v) is 5.93. The Morgan fingerprint density at radius 2 is 1.92 bits per heavy atom. The third kappa shape index (κ3) is 2.66. The van der Waals surface area contributed by atoms with Crippen molar-refractivity contribution in [2.45, 2.75) is 26.4 Å². The second kappa shape index (κ2) is 5.17. The molecule has 3 nitrogen and oxygen atoms in total. The van der Waals surface area contributed by atoms with E-state index in [0.29, 0.717) is 0 Å². The fourth-order valence-electron chi connectivity index (χ4n) is 1.22. The Balaban J connectivity index is 2.69. The van der Waals surface area contributed by atoms with Crippen LogP contribution in [-0.2, 0) is 13.1 Å². The van der Waals surface area contributed by atoms with Gasteiger partial charge in [-0.15, -0.1) is 0 Å². The number of nitrogens with zero attached hydrogens (tertiary/aromatic N) is 2. The lowest BCUT2D eigenvalue weighted by Crippen LogP contribution is -2.24. The summed E-state index contributed by atoms with van der Waals surface area (Å²) < 4.78 is 3.53. The molecule has 1 rings (SSSR count). The van der Waals surface area contributed by atoms with E-state index >= 15 is 0 Å². The standard InChI is InChI=1S/C9H16N2OS/c1-3-4-10-5-6-11(9(10)12)7-8-13-2/h5-6H,3-4,7-8H2,1-2H3. The molecule has 0 saturated heterocycles. The van der Waals surface area contributed by atoms with Crippen molar-refractivity contribution in [2.24, 2.45) is 0 Å². The van der Waals surface area contributed by atoms with Crippen LogP contribution in [0.4, 0.5) is 0 Å². The normalized spacial score (nSPS) is 10.6. The van der Waals surface area contributed by atoms with Gasteiger partial charge in [-0.25, -0.2) is 4.79 Å². The highest BCUT2D eigenvalue weighted by Gasteiger charge is 2.00. The quantitative estimate of drug-likeness (QED) is 0.719. The number of hydrogen-bond donors (Lipinski definition) is 0. The van der Waals surface area contributed by atoms with Crippen LogP contribution in [-0.4, -0.2) is 21.1 Å². The highest BCUT2D eigenvalue weighted by Crippen LogP contribution is 1.94. The Morgan fingerprint density at radius 3 is 2.46 bits per heavy atom. The van der Waals surface area contributed by atoms with Crippen LogP contribution < -0.4 is 5.69 Å². The monoisotopic (exact) mass is 200 g/mol. The predicted molar refractivity (Wildman–Crippen MR) is 57.4 cm³/mol. The molecule has 0 N–H and O–H groups in total. The van der Waals surface area contributed by atoms with Crippen molar-refractivity contribution in [3.63, 3.8) is 0 Å². The first-order valence-electron chi connectivity index (χ1n) is 4.54. The van der Waals surface area contributed by atoms with Crippen LogP contribution in [0.5, 0.6) is 0 Å². The fraction of sp³-hybridized carbons (Fsp3) is 0.667. The van der Waals surface area contributed by atoms with Crippen LogP contribution in [0.1, 0.15) is 13.3 Å². The van der Waals surface area contributed by atoms with E-state index in [2.05, 4.69) is 6.92 Å². The van der Waals surface area contributed by atoms with Crippen molar-refractivity contribution in [1.82, 2.24) is 9.13 Å². The first-order chi connectivity index (χ1) is 6.29. The molecular weight excluding hydrogens is 184 g/mol. The summed E-state index contributed by atoms with van der Waals surface area (Å²) in [6.45, 7) is 3.72. The molecule has 0 radical (unpaired) electrons. The van der Waals surface area contributed by atoms with Crippen LogP contribution in [0.3, 0.4) is 0 Å². The number of aryl methyl sites for hydroxylation is 2. The van der Waals surface area contributed by atoms with Gasteiger partial charge in [-0.05, 0) is 12.7 Å². The van der Waals surface area contributed by atoms with Gasteiger partial charge < -0.3 is 0 Å².